The van der Waals surface area contributed by atoms with Crippen molar-refractivity contribution < 1.29 is 4.79 Å². The molecule has 4 heteroatoms. The SMILES string of the molecule is Cc1cc(C)c(C(=O)NCCN(C)C(C)C)cc1N. The molecule has 4 nitrogen and oxygen atoms in total. The lowest BCUT2D eigenvalue weighted by Crippen LogP contribution is -2.36. The lowest BCUT2D eigenvalue weighted by molar-refractivity contribution is 0.0947. The standard InChI is InChI=1S/C15H25N3O/c1-10(2)18(5)7-6-17-15(19)13-9-14(16)12(4)8-11(13)3/h8-10H,6-7,16H2,1-5H3,(H,17,19). The molecule has 0 saturated carbocycles. The van der Waals surface area contributed by atoms with E-state index in [-0.39, 0.29) is 5.91 Å². The topological polar surface area (TPSA) is 58.4 Å². The van der Waals surface area contributed by atoms with Gasteiger partial charge in [0, 0.05) is 30.4 Å². The van der Waals surface area contributed by atoms with Gasteiger partial charge < -0.3 is 16.0 Å². The Morgan fingerprint density at radius 3 is 2.53 bits per heavy atom. The minimum Gasteiger partial charge on any atom is -0.398 e. The number of rotatable bonds is 5. The highest BCUT2D eigenvalue weighted by Crippen LogP contribution is 2.17. The zero-order valence-electron chi connectivity index (χ0n) is 12.6. The van der Waals surface area contributed by atoms with Gasteiger partial charge in [-0.05, 0) is 51.9 Å². The van der Waals surface area contributed by atoms with E-state index in [4.69, 9.17) is 5.73 Å². The summed E-state index contributed by atoms with van der Waals surface area (Å²) in [4.78, 5) is 14.3. The molecule has 0 bridgehead atoms. The Morgan fingerprint density at radius 2 is 1.95 bits per heavy atom. The number of amides is 1. The number of carbonyl (C=O) groups is 1. The molecule has 0 fully saturated rings. The van der Waals surface area contributed by atoms with Crippen LogP contribution < -0.4 is 11.1 Å². The van der Waals surface area contributed by atoms with Crippen LogP contribution in [0.1, 0.15) is 35.3 Å². The van der Waals surface area contributed by atoms with E-state index < -0.39 is 0 Å². The molecule has 0 aliphatic heterocycles. The summed E-state index contributed by atoms with van der Waals surface area (Å²) < 4.78 is 0. The van der Waals surface area contributed by atoms with Gasteiger partial charge >= 0.3 is 0 Å². The quantitative estimate of drug-likeness (QED) is 0.798. The summed E-state index contributed by atoms with van der Waals surface area (Å²) in [5, 5.41) is 2.94. The van der Waals surface area contributed by atoms with Gasteiger partial charge in [0.05, 0.1) is 0 Å². The molecule has 0 spiro atoms. The lowest BCUT2D eigenvalue weighted by atomic mass is 10.0. The number of hydrogen-bond donors (Lipinski definition) is 2. The van der Waals surface area contributed by atoms with Gasteiger partial charge in [0.1, 0.15) is 0 Å². The molecule has 1 amide bonds. The molecule has 0 atom stereocenters. The van der Waals surface area contributed by atoms with Gasteiger partial charge in [0.25, 0.3) is 5.91 Å². The fraction of sp³-hybridized carbons (Fsp3) is 0.533. The minimum absolute atomic E-state index is 0.0543. The van der Waals surface area contributed by atoms with Crippen molar-refractivity contribution in [1.82, 2.24) is 10.2 Å². The first kappa shape index (κ1) is 15.5. The molecule has 19 heavy (non-hydrogen) atoms. The normalized spacial score (nSPS) is 11.1. The van der Waals surface area contributed by atoms with Gasteiger partial charge in [-0.1, -0.05) is 6.07 Å². The molecule has 106 valence electrons. The maximum Gasteiger partial charge on any atom is 0.251 e. The van der Waals surface area contributed by atoms with E-state index in [0.29, 0.717) is 23.8 Å². The van der Waals surface area contributed by atoms with Gasteiger partial charge in [-0.25, -0.2) is 0 Å². The van der Waals surface area contributed by atoms with Crippen LogP contribution in [0.15, 0.2) is 12.1 Å². The van der Waals surface area contributed by atoms with Crippen LogP contribution in [0.3, 0.4) is 0 Å². The first-order valence-electron chi connectivity index (χ1n) is 6.68. The predicted molar refractivity (Wildman–Crippen MR) is 80.4 cm³/mol. The molecule has 0 radical (unpaired) electrons. The fourth-order valence-corrected chi connectivity index (χ4v) is 1.81. The van der Waals surface area contributed by atoms with Crippen molar-refractivity contribution in [3.63, 3.8) is 0 Å². The van der Waals surface area contributed by atoms with E-state index >= 15 is 0 Å². The summed E-state index contributed by atoms with van der Waals surface area (Å²) in [6.45, 7) is 9.62. The Kier molecular flexibility index (Phi) is 5.36. The Hall–Kier alpha value is -1.55. The van der Waals surface area contributed by atoms with Crippen LogP contribution in [-0.4, -0.2) is 37.0 Å². The molecule has 0 aromatic heterocycles. The average Bonchev–Trinajstić information content (AvgIpc) is 2.33. The zero-order chi connectivity index (χ0) is 14.6. The fourth-order valence-electron chi connectivity index (χ4n) is 1.81. The van der Waals surface area contributed by atoms with E-state index in [1.165, 1.54) is 0 Å². The van der Waals surface area contributed by atoms with Gasteiger partial charge in [-0.2, -0.15) is 0 Å². The predicted octanol–water partition coefficient (Wildman–Crippen LogP) is 1.96. The number of nitrogens with one attached hydrogen (secondary N) is 1. The second-order valence-electron chi connectivity index (χ2n) is 5.35. The Labute approximate surface area is 116 Å². The maximum atomic E-state index is 12.1. The van der Waals surface area contributed by atoms with Crippen LogP contribution in [-0.2, 0) is 0 Å². The molecule has 0 heterocycles. The third-order valence-electron chi connectivity index (χ3n) is 3.49. The van der Waals surface area contributed by atoms with E-state index in [1.54, 1.807) is 6.07 Å². The molecular formula is C15H25N3O. The minimum atomic E-state index is -0.0543. The Morgan fingerprint density at radius 1 is 1.32 bits per heavy atom. The number of hydrogen-bond acceptors (Lipinski definition) is 3. The second-order valence-corrected chi connectivity index (χ2v) is 5.35. The molecule has 0 unspecified atom stereocenters. The Bertz CT molecular complexity index is 455. The van der Waals surface area contributed by atoms with Crippen molar-refractivity contribution in [2.45, 2.75) is 33.7 Å². The molecular weight excluding hydrogens is 238 g/mol. The van der Waals surface area contributed by atoms with Gasteiger partial charge in [0.15, 0.2) is 0 Å². The van der Waals surface area contributed by atoms with Crippen LogP contribution >= 0.6 is 0 Å². The van der Waals surface area contributed by atoms with Crippen LogP contribution in [0, 0.1) is 13.8 Å². The molecule has 0 aliphatic rings. The van der Waals surface area contributed by atoms with Gasteiger partial charge in [-0.15, -0.1) is 0 Å². The number of nitrogen functional groups attached to an aromatic ring is 1. The van der Waals surface area contributed by atoms with Crippen molar-refractivity contribution in [2.75, 3.05) is 25.9 Å². The summed E-state index contributed by atoms with van der Waals surface area (Å²) in [5.74, 6) is -0.0543. The van der Waals surface area contributed by atoms with Gasteiger partial charge in [-0.3, -0.25) is 4.79 Å². The highest BCUT2D eigenvalue weighted by molar-refractivity contribution is 5.96. The summed E-state index contributed by atoms with van der Waals surface area (Å²) in [5.41, 5.74) is 9.15. The zero-order valence-corrected chi connectivity index (χ0v) is 12.6. The summed E-state index contributed by atoms with van der Waals surface area (Å²) >= 11 is 0. The summed E-state index contributed by atoms with van der Waals surface area (Å²) in [6.07, 6.45) is 0. The lowest BCUT2D eigenvalue weighted by Gasteiger charge is -2.21. The van der Waals surface area contributed by atoms with Gasteiger partial charge in [0.2, 0.25) is 0 Å². The number of nitrogens with zero attached hydrogens (tertiary/aromatic N) is 1. The van der Waals surface area contributed by atoms with Crippen LogP contribution in [0.2, 0.25) is 0 Å². The van der Waals surface area contributed by atoms with Crippen molar-refractivity contribution >= 4 is 11.6 Å². The van der Waals surface area contributed by atoms with E-state index in [1.807, 2.05) is 27.0 Å². The highest BCUT2D eigenvalue weighted by Gasteiger charge is 2.11. The van der Waals surface area contributed by atoms with Crippen LogP contribution in [0.25, 0.3) is 0 Å². The summed E-state index contributed by atoms with van der Waals surface area (Å²) in [6, 6.07) is 4.19. The Balaban J connectivity index is 2.62. The first-order valence-corrected chi connectivity index (χ1v) is 6.68. The first-order chi connectivity index (χ1) is 8.82. The van der Waals surface area contributed by atoms with Crippen molar-refractivity contribution in [2.24, 2.45) is 0 Å². The third kappa shape index (κ3) is 4.24. The van der Waals surface area contributed by atoms with E-state index in [0.717, 1.165) is 17.7 Å². The number of benzene rings is 1. The number of carbonyl (C=O) groups excluding carboxylic acids is 1. The van der Waals surface area contributed by atoms with Crippen LogP contribution in [0.5, 0.6) is 0 Å². The summed E-state index contributed by atoms with van der Waals surface area (Å²) in [7, 11) is 2.05. The molecule has 1 aromatic carbocycles. The van der Waals surface area contributed by atoms with E-state index in [2.05, 4.69) is 24.1 Å². The van der Waals surface area contributed by atoms with Crippen molar-refractivity contribution in [3.05, 3.63) is 28.8 Å². The highest BCUT2D eigenvalue weighted by atomic mass is 16.1. The monoisotopic (exact) mass is 263 g/mol. The van der Waals surface area contributed by atoms with Crippen molar-refractivity contribution in [3.8, 4) is 0 Å². The number of nitrogens with two attached hydrogens (primary N) is 1. The molecule has 0 saturated heterocycles. The van der Waals surface area contributed by atoms with Crippen molar-refractivity contribution in [1.29, 1.82) is 0 Å². The van der Waals surface area contributed by atoms with Crippen LogP contribution in [0.4, 0.5) is 5.69 Å². The molecule has 0 aliphatic carbocycles. The largest absolute Gasteiger partial charge is 0.398 e. The molecule has 1 aromatic rings. The smallest absolute Gasteiger partial charge is 0.251 e. The molecule has 3 N–H and O–H groups in total. The maximum absolute atomic E-state index is 12.1. The van der Waals surface area contributed by atoms with E-state index in [9.17, 15) is 4.79 Å². The average molecular weight is 263 g/mol. The number of likely N-dealkylation sites (N-methyl/N-ethyl adjacent to an activating group) is 1. The number of anilines is 1. The molecule has 1 rings (SSSR count). The third-order valence-corrected chi connectivity index (χ3v) is 3.49. The number of aryl methyl sites for hydroxylation is 2. The second kappa shape index (κ2) is 6.57.